The van der Waals surface area contributed by atoms with E-state index >= 15 is 0 Å². The van der Waals surface area contributed by atoms with E-state index in [0.717, 1.165) is 6.42 Å². The highest BCUT2D eigenvalue weighted by atomic mass is 16.6. The molecule has 0 aliphatic heterocycles. The Kier molecular flexibility index (Phi) is 7.35. The van der Waals surface area contributed by atoms with E-state index in [1.165, 1.54) is 7.11 Å². The summed E-state index contributed by atoms with van der Waals surface area (Å²) in [5.74, 6) is -0.274. The molecule has 0 fully saturated rings. The number of ether oxygens (including phenoxy) is 2. The van der Waals surface area contributed by atoms with Crippen molar-refractivity contribution in [3.63, 3.8) is 0 Å². The van der Waals surface area contributed by atoms with E-state index in [4.69, 9.17) is 9.47 Å². The van der Waals surface area contributed by atoms with E-state index in [1.54, 1.807) is 20.8 Å². The maximum atomic E-state index is 11.7. The molecule has 18 heavy (non-hydrogen) atoms. The average Bonchev–Trinajstić information content (AvgIpc) is 2.22. The summed E-state index contributed by atoms with van der Waals surface area (Å²) in [4.78, 5) is 23.3. The zero-order chi connectivity index (χ0) is 14.2. The fourth-order valence-corrected chi connectivity index (χ4v) is 1.27. The van der Waals surface area contributed by atoms with Crippen LogP contribution < -0.4 is 10.6 Å². The maximum Gasteiger partial charge on any atom is 0.408 e. The highest BCUT2D eigenvalue weighted by Gasteiger charge is 2.23. The topological polar surface area (TPSA) is 76.7 Å². The lowest BCUT2D eigenvalue weighted by Gasteiger charge is -2.23. The second kappa shape index (κ2) is 7.92. The number of methoxy groups -OCH3 is 1. The molecule has 0 bridgehead atoms. The summed E-state index contributed by atoms with van der Waals surface area (Å²) < 4.78 is 9.86. The van der Waals surface area contributed by atoms with Crippen molar-refractivity contribution in [1.82, 2.24) is 10.6 Å². The van der Waals surface area contributed by atoms with E-state index in [9.17, 15) is 9.59 Å². The number of amides is 2. The second-order valence-corrected chi connectivity index (χ2v) is 4.96. The molecular formula is C12H24N2O4. The van der Waals surface area contributed by atoms with Gasteiger partial charge in [-0.05, 0) is 27.2 Å². The molecular weight excluding hydrogens is 236 g/mol. The molecule has 0 aliphatic rings. The highest BCUT2D eigenvalue weighted by Crippen LogP contribution is 2.07. The molecule has 0 rings (SSSR count). The van der Waals surface area contributed by atoms with E-state index in [2.05, 4.69) is 10.6 Å². The number of hydrogen-bond donors (Lipinski definition) is 2. The van der Waals surface area contributed by atoms with Gasteiger partial charge in [-0.15, -0.1) is 0 Å². The van der Waals surface area contributed by atoms with Crippen LogP contribution in [0.3, 0.4) is 0 Å². The molecule has 106 valence electrons. The Morgan fingerprint density at radius 1 is 1.28 bits per heavy atom. The van der Waals surface area contributed by atoms with Crippen LogP contribution >= 0.6 is 0 Å². The van der Waals surface area contributed by atoms with Crippen molar-refractivity contribution in [1.29, 1.82) is 0 Å². The molecule has 0 radical (unpaired) electrons. The van der Waals surface area contributed by atoms with Crippen molar-refractivity contribution in [2.75, 3.05) is 13.8 Å². The summed E-state index contributed by atoms with van der Waals surface area (Å²) >= 11 is 0. The molecule has 0 unspecified atom stereocenters. The van der Waals surface area contributed by atoms with Crippen LogP contribution in [0.1, 0.15) is 40.5 Å². The molecule has 0 heterocycles. The minimum absolute atomic E-state index is 0.120. The van der Waals surface area contributed by atoms with Crippen LogP contribution in [0.25, 0.3) is 0 Å². The minimum atomic E-state index is -0.597. The van der Waals surface area contributed by atoms with E-state index in [-0.39, 0.29) is 12.6 Å². The minimum Gasteiger partial charge on any atom is -0.444 e. The molecule has 0 aromatic carbocycles. The van der Waals surface area contributed by atoms with Gasteiger partial charge in [0.2, 0.25) is 5.91 Å². The first-order chi connectivity index (χ1) is 8.30. The molecule has 1 atom stereocenters. The molecule has 6 nitrogen and oxygen atoms in total. The quantitative estimate of drug-likeness (QED) is 0.708. The van der Waals surface area contributed by atoms with Gasteiger partial charge in [0.1, 0.15) is 18.4 Å². The molecule has 0 saturated heterocycles. The molecule has 0 aromatic heterocycles. The molecule has 0 saturated carbocycles. The van der Waals surface area contributed by atoms with Gasteiger partial charge in [-0.25, -0.2) is 4.79 Å². The predicted octanol–water partition coefficient (Wildman–Crippen LogP) is 1.40. The van der Waals surface area contributed by atoms with Crippen LogP contribution in [0.5, 0.6) is 0 Å². The standard InChI is InChI=1S/C12H24N2O4/c1-6-7-9(10(15)13-8-17-5)14-11(16)18-12(2,3)4/h9H,6-8H2,1-5H3,(H,13,15)(H,14,16)/t9-/m1/s1. The Balaban J connectivity index is 4.34. The van der Waals surface area contributed by atoms with Gasteiger partial charge in [0.05, 0.1) is 0 Å². The number of carbonyl (C=O) groups excluding carboxylic acids is 2. The lowest BCUT2D eigenvalue weighted by Crippen LogP contribution is -2.48. The maximum absolute atomic E-state index is 11.7. The largest absolute Gasteiger partial charge is 0.444 e. The first-order valence-corrected chi connectivity index (χ1v) is 6.06. The van der Waals surface area contributed by atoms with Gasteiger partial charge in [0.15, 0.2) is 0 Å². The van der Waals surface area contributed by atoms with Crippen LogP contribution in [0.2, 0.25) is 0 Å². The van der Waals surface area contributed by atoms with Crippen molar-refractivity contribution >= 4 is 12.0 Å². The van der Waals surface area contributed by atoms with Gasteiger partial charge >= 0.3 is 6.09 Å². The fraction of sp³-hybridized carbons (Fsp3) is 0.833. The number of hydrogen-bond acceptors (Lipinski definition) is 4. The van der Waals surface area contributed by atoms with E-state index < -0.39 is 17.7 Å². The summed E-state index contributed by atoms with van der Waals surface area (Å²) in [6.45, 7) is 7.37. The van der Waals surface area contributed by atoms with Crippen LogP contribution in [0.4, 0.5) is 4.79 Å². The van der Waals surface area contributed by atoms with Crippen molar-refractivity contribution in [2.24, 2.45) is 0 Å². The second-order valence-electron chi connectivity index (χ2n) is 4.96. The monoisotopic (exact) mass is 260 g/mol. The first kappa shape index (κ1) is 16.7. The van der Waals surface area contributed by atoms with Crippen molar-refractivity contribution < 1.29 is 19.1 Å². The lowest BCUT2D eigenvalue weighted by atomic mass is 10.1. The summed E-state index contributed by atoms with van der Waals surface area (Å²) in [6, 6.07) is -0.597. The molecule has 0 aromatic rings. The van der Waals surface area contributed by atoms with Crippen molar-refractivity contribution in [3.8, 4) is 0 Å². The number of rotatable bonds is 6. The number of alkyl carbamates (subject to hydrolysis) is 1. The molecule has 6 heteroatoms. The zero-order valence-corrected chi connectivity index (χ0v) is 11.8. The third-order valence-corrected chi connectivity index (χ3v) is 1.98. The smallest absolute Gasteiger partial charge is 0.408 e. The number of nitrogens with one attached hydrogen (secondary N) is 2. The number of carbonyl (C=O) groups is 2. The summed E-state index contributed by atoms with van der Waals surface area (Å²) in [6.07, 6.45) is 0.740. The molecule has 0 aliphatic carbocycles. The van der Waals surface area contributed by atoms with Crippen LogP contribution in [0.15, 0.2) is 0 Å². The van der Waals surface area contributed by atoms with Crippen LogP contribution in [-0.2, 0) is 14.3 Å². The third kappa shape index (κ3) is 7.89. The zero-order valence-electron chi connectivity index (χ0n) is 11.8. The summed E-state index contributed by atoms with van der Waals surface area (Å²) in [7, 11) is 1.48. The van der Waals surface area contributed by atoms with Gasteiger partial charge in [-0.1, -0.05) is 13.3 Å². The Morgan fingerprint density at radius 2 is 1.89 bits per heavy atom. The van der Waals surface area contributed by atoms with Gasteiger partial charge in [-0.2, -0.15) is 0 Å². The Morgan fingerprint density at radius 3 is 2.33 bits per heavy atom. The van der Waals surface area contributed by atoms with Gasteiger partial charge in [0.25, 0.3) is 0 Å². The van der Waals surface area contributed by atoms with Crippen molar-refractivity contribution in [3.05, 3.63) is 0 Å². The van der Waals surface area contributed by atoms with Crippen LogP contribution in [0, 0.1) is 0 Å². The fourth-order valence-electron chi connectivity index (χ4n) is 1.27. The molecule has 2 N–H and O–H groups in total. The van der Waals surface area contributed by atoms with Gasteiger partial charge < -0.3 is 20.1 Å². The summed E-state index contributed by atoms with van der Waals surface area (Å²) in [5, 5.41) is 5.11. The Bertz CT molecular complexity index is 274. The highest BCUT2D eigenvalue weighted by molar-refractivity contribution is 5.85. The average molecular weight is 260 g/mol. The van der Waals surface area contributed by atoms with Crippen LogP contribution in [-0.4, -0.2) is 37.5 Å². The molecule has 0 spiro atoms. The SMILES string of the molecule is CCC[C@@H](NC(=O)OC(C)(C)C)C(=O)NCOC. The van der Waals surface area contributed by atoms with Crippen molar-refractivity contribution in [2.45, 2.75) is 52.2 Å². The van der Waals surface area contributed by atoms with E-state index in [1.807, 2.05) is 6.92 Å². The Labute approximate surface area is 108 Å². The van der Waals surface area contributed by atoms with Gasteiger partial charge in [0, 0.05) is 7.11 Å². The van der Waals surface area contributed by atoms with E-state index in [0.29, 0.717) is 6.42 Å². The summed E-state index contributed by atoms with van der Waals surface area (Å²) in [5.41, 5.74) is -0.580. The molecule has 2 amide bonds. The predicted molar refractivity (Wildman–Crippen MR) is 68.1 cm³/mol. The normalized spacial score (nSPS) is 12.7. The third-order valence-electron chi connectivity index (χ3n) is 1.98. The first-order valence-electron chi connectivity index (χ1n) is 6.06. The van der Waals surface area contributed by atoms with Gasteiger partial charge in [-0.3, -0.25) is 4.79 Å². The lowest BCUT2D eigenvalue weighted by molar-refractivity contribution is -0.124. The Hall–Kier alpha value is -1.30.